The van der Waals surface area contributed by atoms with Crippen molar-refractivity contribution in [3.63, 3.8) is 0 Å². The monoisotopic (exact) mass is 195 g/mol. The molecule has 1 saturated heterocycles. The van der Waals surface area contributed by atoms with Crippen LogP contribution < -0.4 is 5.32 Å². The van der Waals surface area contributed by atoms with Gasteiger partial charge in [0.05, 0.1) is 12.3 Å². The first-order valence-electron chi connectivity index (χ1n) is 4.96. The maximum Gasteiger partial charge on any atom is 0.0596 e. The lowest BCUT2D eigenvalue weighted by Crippen LogP contribution is -2.57. The lowest BCUT2D eigenvalue weighted by Gasteiger charge is -2.41. The van der Waals surface area contributed by atoms with E-state index in [4.69, 9.17) is 0 Å². The van der Waals surface area contributed by atoms with Gasteiger partial charge in [0, 0.05) is 31.2 Å². The summed E-state index contributed by atoms with van der Waals surface area (Å²) in [6.07, 6.45) is 0.911. The van der Waals surface area contributed by atoms with Gasteiger partial charge in [-0.05, 0) is 19.4 Å². The lowest BCUT2D eigenvalue weighted by atomic mass is 9.78. The fourth-order valence-electron chi connectivity index (χ4n) is 1.99. The molecule has 1 fully saturated rings. The first-order chi connectivity index (χ1) is 6.65. The number of aromatic nitrogens is 2. The van der Waals surface area contributed by atoms with Crippen LogP contribution in [0.4, 0.5) is 0 Å². The minimum absolute atomic E-state index is 0.0558. The molecule has 2 heterocycles. The third-order valence-electron chi connectivity index (χ3n) is 2.99. The summed E-state index contributed by atoms with van der Waals surface area (Å²) < 4.78 is 1.91. The van der Waals surface area contributed by atoms with Crippen LogP contribution in [0.1, 0.15) is 11.4 Å². The number of hydrogen-bond donors (Lipinski definition) is 2. The number of hydrogen-bond acceptors (Lipinski definition) is 3. The van der Waals surface area contributed by atoms with Crippen LogP contribution in [0.2, 0.25) is 0 Å². The minimum Gasteiger partial charge on any atom is -0.396 e. The molecular weight excluding hydrogens is 178 g/mol. The van der Waals surface area contributed by atoms with E-state index in [-0.39, 0.29) is 12.0 Å². The van der Waals surface area contributed by atoms with E-state index in [0.29, 0.717) is 0 Å². The Morgan fingerprint density at radius 3 is 2.71 bits per heavy atom. The van der Waals surface area contributed by atoms with Crippen LogP contribution in [0.5, 0.6) is 0 Å². The third-order valence-corrected chi connectivity index (χ3v) is 2.99. The lowest BCUT2D eigenvalue weighted by molar-refractivity contribution is 0.0669. The van der Waals surface area contributed by atoms with Crippen LogP contribution in [-0.4, -0.2) is 34.6 Å². The van der Waals surface area contributed by atoms with Crippen LogP contribution in [0.25, 0.3) is 0 Å². The normalized spacial score (nSPS) is 19.4. The second kappa shape index (κ2) is 3.37. The zero-order valence-corrected chi connectivity index (χ0v) is 8.75. The fourth-order valence-corrected chi connectivity index (χ4v) is 1.99. The van der Waals surface area contributed by atoms with Gasteiger partial charge in [0.25, 0.3) is 0 Å². The summed E-state index contributed by atoms with van der Waals surface area (Å²) in [5, 5.41) is 16.8. The minimum atomic E-state index is 0.0558. The van der Waals surface area contributed by atoms with Gasteiger partial charge in [-0.1, -0.05) is 0 Å². The van der Waals surface area contributed by atoms with Gasteiger partial charge in [-0.15, -0.1) is 0 Å². The van der Waals surface area contributed by atoms with Gasteiger partial charge in [0.15, 0.2) is 0 Å². The Morgan fingerprint density at radius 1 is 1.64 bits per heavy atom. The molecule has 1 aromatic rings. The highest BCUT2D eigenvalue weighted by Gasteiger charge is 2.37. The second-order valence-corrected chi connectivity index (χ2v) is 4.34. The molecule has 4 heteroatoms. The predicted octanol–water partition coefficient (Wildman–Crippen LogP) is -0.147. The van der Waals surface area contributed by atoms with Gasteiger partial charge < -0.3 is 10.4 Å². The van der Waals surface area contributed by atoms with E-state index in [1.165, 1.54) is 5.69 Å². The van der Waals surface area contributed by atoms with E-state index < -0.39 is 0 Å². The summed E-state index contributed by atoms with van der Waals surface area (Å²) >= 11 is 0. The number of nitrogens with one attached hydrogen (secondary N) is 1. The molecule has 0 unspecified atom stereocenters. The molecule has 78 valence electrons. The van der Waals surface area contributed by atoms with Crippen LogP contribution in [0, 0.1) is 12.3 Å². The zero-order valence-electron chi connectivity index (χ0n) is 8.75. The maximum atomic E-state index is 9.33. The summed E-state index contributed by atoms with van der Waals surface area (Å²) in [6, 6.07) is 2.09. The van der Waals surface area contributed by atoms with Crippen LogP contribution in [0.3, 0.4) is 0 Å². The van der Waals surface area contributed by atoms with Gasteiger partial charge in [0.2, 0.25) is 0 Å². The summed E-state index contributed by atoms with van der Waals surface area (Å²) in [5.41, 5.74) is 2.31. The van der Waals surface area contributed by atoms with Gasteiger partial charge in [-0.2, -0.15) is 5.10 Å². The molecular formula is C10H17N3O. The highest BCUT2D eigenvalue weighted by atomic mass is 16.3. The maximum absolute atomic E-state index is 9.33. The van der Waals surface area contributed by atoms with E-state index in [9.17, 15) is 5.11 Å². The average Bonchev–Trinajstić information content (AvgIpc) is 2.38. The average molecular weight is 195 g/mol. The van der Waals surface area contributed by atoms with Crippen LogP contribution in [-0.2, 0) is 13.5 Å². The Bertz CT molecular complexity index is 323. The standard InChI is InChI=1S/C10H17N3O/c1-8-3-9(13(2)12-8)4-10(7-14)5-11-6-10/h3,11,14H,4-7H2,1-2H3. The zero-order chi connectivity index (χ0) is 10.2. The second-order valence-electron chi connectivity index (χ2n) is 4.34. The Labute approximate surface area is 83.9 Å². The molecule has 4 nitrogen and oxygen atoms in total. The number of rotatable bonds is 3. The van der Waals surface area contributed by atoms with Crippen molar-refractivity contribution >= 4 is 0 Å². The highest BCUT2D eigenvalue weighted by Crippen LogP contribution is 2.26. The summed E-state index contributed by atoms with van der Waals surface area (Å²) in [7, 11) is 1.96. The number of aliphatic hydroxyl groups excluding tert-OH is 1. The summed E-state index contributed by atoms with van der Waals surface area (Å²) in [4.78, 5) is 0. The Morgan fingerprint density at radius 2 is 2.36 bits per heavy atom. The topological polar surface area (TPSA) is 50.1 Å². The summed E-state index contributed by atoms with van der Waals surface area (Å²) in [6.45, 7) is 4.07. The van der Waals surface area contributed by atoms with Crippen LogP contribution >= 0.6 is 0 Å². The largest absolute Gasteiger partial charge is 0.396 e. The Hall–Kier alpha value is -0.870. The Balaban J connectivity index is 2.13. The molecule has 0 radical (unpaired) electrons. The van der Waals surface area contributed by atoms with Crippen LogP contribution in [0.15, 0.2) is 6.07 Å². The molecule has 2 rings (SSSR count). The predicted molar refractivity (Wildman–Crippen MR) is 54.0 cm³/mol. The molecule has 0 amide bonds. The fraction of sp³-hybridized carbons (Fsp3) is 0.700. The first-order valence-corrected chi connectivity index (χ1v) is 4.96. The van der Waals surface area contributed by atoms with Crippen molar-refractivity contribution in [3.8, 4) is 0 Å². The van der Waals surface area contributed by atoms with Gasteiger partial charge in [0.1, 0.15) is 0 Å². The van der Waals surface area contributed by atoms with Crippen molar-refractivity contribution in [2.45, 2.75) is 13.3 Å². The van der Waals surface area contributed by atoms with Gasteiger partial charge >= 0.3 is 0 Å². The molecule has 0 aromatic carbocycles. The van der Waals surface area contributed by atoms with Crippen molar-refractivity contribution in [1.29, 1.82) is 0 Å². The molecule has 2 N–H and O–H groups in total. The summed E-state index contributed by atoms with van der Waals surface area (Å²) in [5.74, 6) is 0. The van der Waals surface area contributed by atoms with Crippen molar-refractivity contribution < 1.29 is 5.11 Å². The molecule has 1 aliphatic heterocycles. The van der Waals surface area contributed by atoms with E-state index in [2.05, 4.69) is 16.5 Å². The molecule has 1 aromatic heterocycles. The van der Waals surface area contributed by atoms with Crippen molar-refractivity contribution in [2.75, 3.05) is 19.7 Å². The van der Waals surface area contributed by atoms with Crippen molar-refractivity contribution in [1.82, 2.24) is 15.1 Å². The molecule has 0 atom stereocenters. The van der Waals surface area contributed by atoms with E-state index >= 15 is 0 Å². The highest BCUT2D eigenvalue weighted by molar-refractivity contribution is 5.13. The SMILES string of the molecule is Cc1cc(CC2(CO)CNC2)n(C)n1. The smallest absolute Gasteiger partial charge is 0.0596 e. The quantitative estimate of drug-likeness (QED) is 0.705. The van der Waals surface area contributed by atoms with Gasteiger partial charge in [-0.25, -0.2) is 0 Å². The van der Waals surface area contributed by atoms with Gasteiger partial charge in [-0.3, -0.25) is 4.68 Å². The molecule has 0 spiro atoms. The molecule has 1 aliphatic rings. The molecule has 0 aliphatic carbocycles. The van der Waals surface area contributed by atoms with E-state index in [0.717, 1.165) is 25.2 Å². The molecule has 0 saturated carbocycles. The van der Waals surface area contributed by atoms with Crippen molar-refractivity contribution in [3.05, 3.63) is 17.5 Å². The number of nitrogens with zero attached hydrogens (tertiary/aromatic N) is 2. The van der Waals surface area contributed by atoms with E-state index in [1.54, 1.807) is 0 Å². The Kier molecular flexibility index (Phi) is 2.33. The van der Waals surface area contributed by atoms with E-state index in [1.807, 2.05) is 18.7 Å². The first kappa shape index (κ1) is 9.68. The number of aliphatic hydroxyl groups is 1. The molecule has 0 bridgehead atoms. The third kappa shape index (κ3) is 1.55. The number of aryl methyl sites for hydroxylation is 2. The van der Waals surface area contributed by atoms with Crippen molar-refractivity contribution in [2.24, 2.45) is 12.5 Å². The molecule has 14 heavy (non-hydrogen) atoms.